The smallest absolute Gasteiger partial charge is 0.275 e. The molecule has 1 aliphatic rings. The molecule has 0 unspecified atom stereocenters. The molecule has 1 aliphatic heterocycles. The van der Waals surface area contributed by atoms with Gasteiger partial charge in [0.05, 0.1) is 23.9 Å². The van der Waals surface area contributed by atoms with Gasteiger partial charge in [-0.2, -0.15) is 10.2 Å². The molecule has 0 saturated heterocycles. The molecule has 122 valence electrons. The predicted molar refractivity (Wildman–Crippen MR) is 98.9 cm³/mol. The van der Waals surface area contributed by atoms with E-state index in [1.54, 1.807) is 35.1 Å². The number of hydrogen-bond donors (Lipinski definition) is 0. The number of carbonyl (C=O) groups is 1. The van der Waals surface area contributed by atoms with E-state index >= 15 is 0 Å². The molecule has 0 spiro atoms. The molecule has 2 heterocycles. The summed E-state index contributed by atoms with van der Waals surface area (Å²) in [7, 11) is 0. The zero-order valence-electron chi connectivity index (χ0n) is 13.1. The quantitative estimate of drug-likeness (QED) is 0.517. The first-order valence-electron chi connectivity index (χ1n) is 7.63. The number of nitrogens with zero attached hydrogens (tertiary/aromatic N) is 3. The van der Waals surface area contributed by atoms with Crippen LogP contribution in [0.1, 0.15) is 5.76 Å². The fraction of sp³-hybridized carbons (Fsp3) is 0. The van der Waals surface area contributed by atoms with Gasteiger partial charge in [-0.3, -0.25) is 9.69 Å². The highest BCUT2D eigenvalue weighted by Gasteiger charge is 2.26. The maximum absolute atomic E-state index is 12.8. The molecule has 0 bridgehead atoms. The van der Waals surface area contributed by atoms with Crippen molar-refractivity contribution in [2.45, 2.75) is 9.79 Å². The first kappa shape index (κ1) is 15.4. The molecule has 1 amide bonds. The SMILES string of the molecule is O=C(/C=N/N=C/c1ccco1)N1c2ccccc2Sc2ccccc21. The van der Waals surface area contributed by atoms with Crippen molar-refractivity contribution < 1.29 is 9.21 Å². The van der Waals surface area contributed by atoms with Crippen LogP contribution in [0.25, 0.3) is 0 Å². The van der Waals surface area contributed by atoms with Crippen molar-refractivity contribution in [1.82, 2.24) is 0 Å². The van der Waals surface area contributed by atoms with Gasteiger partial charge in [-0.1, -0.05) is 36.0 Å². The van der Waals surface area contributed by atoms with Crippen LogP contribution >= 0.6 is 11.8 Å². The van der Waals surface area contributed by atoms with Crippen molar-refractivity contribution in [2.75, 3.05) is 4.90 Å². The van der Waals surface area contributed by atoms with Gasteiger partial charge in [-0.05, 0) is 36.4 Å². The van der Waals surface area contributed by atoms with Gasteiger partial charge in [0.15, 0.2) is 0 Å². The lowest BCUT2D eigenvalue weighted by Crippen LogP contribution is -2.29. The fourth-order valence-electron chi connectivity index (χ4n) is 2.54. The van der Waals surface area contributed by atoms with Gasteiger partial charge in [-0.15, -0.1) is 0 Å². The molecule has 6 heteroatoms. The molecular formula is C19H13N3O2S. The lowest BCUT2D eigenvalue weighted by molar-refractivity contribution is -0.111. The largest absolute Gasteiger partial charge is 0.463 e. The number of anilines is 2. The molecule has 0 aliphatic carbocycles. The average molecular weight is 347 g/mol. The van der Waals surface area contributed by atoms with E-state index in [2.05, 4.69) is 10.2 Å². The number of fused-ring (bicyclic) bond motifs is 2. The zero-order chi connectivity index (χ0) is 17.1. The molecule has 0 fully saturated rings. The molecule has 5 nitrogen and oxygen atoms in total. The minimum absolute atomic E-state index is 0.253. The number of amides is 1. The zero-order valence-corrected chi connectivity index (χ0v) is 13.9. The average Bonchev–Trinajstić information content (AvgIpc) is 3.16. The van der Waals surface area contributed by atoms with Gasteiger partial charge in [0.2, 0.25) is 0 Å². The standard InChI is InChI=1S/C19H13N3O2S/c23-19(13-21-20-12-14-6-5-11-24-14)22-15-7-1-3-9-17(15)25-18-10-4-2-8-16(18)22/h1-13H/b20-12+,21-13+. The molecule has 1 aromatic heterocycles. The van der Waals surface area contributed by atoms with E-state index in [9.17, 15) is 4.79 Å². The molecule has 3 aromatic rings. The molecule has 0 saturated carbocycles. The van der Waals surface area contributed by atoms with Crippen LogP contribution in [0.2, 0.25) is 0 Å². The number of furan rings is 1. The summed E-state index contributed by atoms with van der Waals surface area (Å²) in [5.41, 5.74) is 1.69. The Morgan fingerprint density at radius 1 is 0.920 bits per heavy atom. The minimum atomic E-state index is -0.253. The lowest BCUT2D eigenvalue weighted by atomic mass is 10.2. The van der Waals surface area contributed by atoms with E-state index < -0.39 is 0 Å². The highest BCUT2D eigenvalue weighted by molar-refractivity contribution is 7.99. The van der Waals surface area contributed by atoms with Crippen molar-refractivity contribution in [2.24, 2.45) is 10.2 Å². The van der Waals surface area contributed by atoms with E-state index in [1.807, 2.05) is 48.5 Å². The van der Waals surface area contributed by atoms with Crippen LogP contribution in [-0.2, 0) is 4.79 Å². The number of rotatable bonds is 3. The van der Waals surface area contributed by atoms with E-state index in [-0.39, 0.29) is 5.91 Å². The van der Waals surface area contributed by atoms with Gasteiger partial charge >= 0.3 is 0 Å². The Kier molecular flexibility index (Phi) is 4.18. The predicted octanol–water partition coefficient (Wildman–Crippen LogP) is 4.51. The van der Waals surface area contributed by atoms with Crippen molar-refractivity contribution in [3.63, 3.8) is 0 Å². The van der Waals surface area contributed by atoms with Crippen molar-refractivity contribution in [1.29, 1.82) is 0 Å². The van der Waals surface area contributed by atoms with E-state index in [0.717, 1.165) is 21.2 Å². The second-order valence-electron chi connectivity index (χ2n) is 5.22. The summed E-state index contributed by atoms with van der Waals surface area (Å²) in [6.07, 6.45) is 4.22. The van der Waals surface area contributed by atoms with Crippen LogP contribution in [0, 0.1) is 0 Å². The summed E-state index contributed by atoms with van der Waals surface area (Å²) in [6, 6.07) is 19.1. The topological polar surface area (TPSA) is 58.2 Å². The highest BCUT2D eigenvalue weighted by atomic mass is 32.2. The van der Waals surface area contributed by atoms with Crippen LogP contribution in [0.5, 0.6) is 0 Å². The van der Waals surface area contributed by atoms with Gasteiger partial charge in [0.25, 0.3) is 5.91 Å². The van der Waals surface area contributed by atoms with Gasteiger partial charge in [0.1, 0.15) is 12.0 Å². The monoisotopic (exact) mass is 347 g/mol. The van der Waals surface area contributed by atoms with Crippen LogP contribution in [0.3, 0.4) is 0 Å². The molecule has 0 N–H and O–H groups in total. The Balaban J connectivity index is 1.64. The molecule has 2 aromatic carbocycles. The van der Waals surface area contributed by atoms with Gasteiger partial charge < -0.3 is 4.42 Å². The number of para-hydroxylation sites is 2. The molecular weight excluding hydrogens is 334 g/mol. The van der Waals surface area contributed by atoms with Gasteiger partial charge in [0, 0.05) is 9.79 Å². The summed E-state index contributed by atoms with van der Waals surface area (Å²) in [4.78, 5) is 16.5. The summed E-state index contributed by atoms with van der Waals surface area (Å²) >= 11 is 1.65. The van der Waals surface area contributed by atoms with E-state index in [0.29, 0.717) is 5.76 Å². The van der Waals surface area contributed by atoms with Crippen LogP contribution < -0.4 is 4.90 Å². The third kappa shape index (κ3) is 3.12. The Hall–Kier alpha value is -3.12. The third-order valence-corrected chi connectivity index (χ3v) is 4.75. The highest BCUT2D eigenvalue weighted by Crippen LogP contribution is 2.47. The molecule has 0 radical (unpaired) electrons. The number of hydrogen-bond acceptors (Lipinski definition) is 5. The van der Waals surface area contributed by atoms with E-state index in [4.69, 9.17) is 4.42 Å². The first-order chi connectivity index (χ1) is 12.3. The van der Waals surface area contributed by atoms with Crippen LogP contribution in [0.15, 0.2) is 91.3 Å². The molecule has 25 heavy (non-hydrogen) atoms. The fourth-order valence-corrected chi connectivity index (χ4v) is 3.60. The second-order valence-corrected chi connectivity index (χ2v) is 6.30. The molecule has 0 atom stereocenters. The van der Waals surface area contributed by atoms with Gasteiger partial charge in [-0.25, -0.2) is 0 Å². The first-order valence-corrected chi connectivity index (χ1v) is 8.44. The second kappa shape index (κ2) is 6.78. The van der Waals surface area contributed by atoms with Crippen LogP contribution in [-0.4, -0.2) is 18.3 Å². The minimum Gasteiger partial charge on any atom is -0.463 e. The Bertz CT molecular complexity index is 919. The summed E-state index contributed by atoms with van der Waals surface area (Å²) in [6.45, 7) is 0. The summed E-state index contributed by atoms with van der Waals surface area (Å²) in [5.74, 6) is 0.325. The van der Waals surface area contributed by atoms with Crippen LogP contribution in [0.4, 0.5) is 11.4 Å². The number of benzene rings is 2. The van der Waals surface area contributed by atoms with Crippen molar-refractivity contribution >= 4 is 41.5 Å². The maximum Gasteiger partial charge on any atom is 0.275 e. The summed E-state index contributed by atoms with van der Waals surface area (Å²) in [5, 5.41) is 7.71. The normalized spacial score (nSPS) is 13.2. The van der Waals surface area contributed by atoms with E-state index in [1.165, 1.54) is 12.4 Å². The van der Waals surface area contributed by atoms with Crippen molar-refractivity contribution in [3.8, 4) is 0 Å². The number of carbonyl (C=O) groups excluding carboxylic acids is 1. The van der Waals surface area contributed by atoms with Crippen molar-refractivity contribution in [3.05, 3.63) is 72.7 Å². The third-order valence-electron chi connectivity index (χ3n) is 3.62. The Labute approximate surface area is 148 Å². The Morgan fingerprint density at radius 3 is 2.24 bits per heavy atom. The Morgan fingerprint density at radius 2 is 1.60 bits per heavy atom. The lowest BCUT2D eigenvalue weighted by Gasteiger charge is -2.29. The molecule has 4 rings (SSSR count). The maximum atomic E-state index is 12.8. The summed E-state index contributed by atoms with van der Waals surface area (Å²) < 4.78 is 5.13.